The van der Waals surface area contributed by atoms with Gasteiger partial charge in [0.1, 0.15) is 11.8 Å². The summed E-state index contributed by atoms with van der Waals surface area (Å²) in [5.74, 6) is -1.50. The van der Waals surface area contributed by atoms with Crippen molar-refractivity contribution in [3.63, 3.8) is 0 Å². The Balaban J connectivity index is 1.57. The molecule has 1 heterocycles. The Morgan fingerprint density at radius 3 is 2.65 bits per heavy atom. The molecule has 6 heteroatoms. The molecule has 1 aromatic rings. The number of fused-ring (bicyclic) bond motifs is 1. The molecule has 4 atom stereocenters. The Kier molecular flexibility index (Phi) is 4.36. The van der Waals surface area contributed by atoms with Gasteiger partial charge in [-0.3, -0.25) is 0 Å². The minimum atomic E-state index is -3.00. The number of phenolic OH excluding ortho intramolecular Hbond substituents is 1. The first-order valence-electron chi connectivity index (χ1n) is 8.29. The molecule has 1 fully saturated rings. The second kappa shape index (κ2) is 6.15. The number of rotatable bonds is 6. The highest BCUT2D eigenvalue weighted by Crippen LogP contribution is 2.42. The first-order valence-corrected chi connectivity index (χ1v) is 8.29. The van der Waals surface area contributed by atoms with Gasteiger partial charge in [0.2, 0.25) is 0 Å². The smallest absolute Gasteiger partial charge is 0.272 e. The lowest BCUT2D eigenvalue weighted by atomic mass is 9.98. The fourth-order valence-electron chi connectivity index (χ4n) is 3.33. The average molecular weight is 326 g/mol. The Morgan fingerprint density at radius 1 is 1.22 bits per heavy atom. The van der Waals surface area contributed by atoms with Crippen LogP contribution in [0.1, 0.15) is 39.0 Å². The predicted molar refractivity (Wildman–Crippen MR) is 85.8 cm³/mol. The van der Waals surface area contributed by atoms with Crippen molar-refractivity contribution in [2.75, 3.05) is 10.6 Å². The van der Waals surface area contributed by atoms with Crippen molar-refractivity contribution in [3.05, 3.63) is 18.2 Å². The van der Waals surface area contributed by atoms with Gasteiger partial charge >= 0.3 is 0 Å². The second-order valence-electron chi connectivity index (χ2n) is 6.92. The van der Waals surface area contributed by atoms with Crippen LogP contribution < -0.4 is 10.6 Å². The van der Waals surface area contributed by atoms with Crippen molar-refractivity contribution < 1.29 is 19.0 Å². The Hall–Kier alpha value is -1.56. The zero-order valence-corrected chi connectivity index (χ0v) is 13.2. The topological polar surface area (TPSA) is 64.5 Å². The van der Waals surface area contributed by atoms with Gasteiger partial charge in [0, 0.05) is 12.5 Å². The maximum absolute atomic E-state index is 14.4. The van der Waals surface area contributed by atoms with Gasteiger partial charge in [-0.2, -0.15) is 0 Å². The molecule has 0 amide bonds. The maximum atomic E-state index is 14.4. The van der Waals surface area contributed by atoms with E-state index in [0.717, 1.165) is 24.7 Å². The molecule has 0 saturated heterocycles. The summed E-state index contributed by atoms with van der Waals surface area (Å²) < 4.78 is 28.9. The number of hydrogen-bond acceptors (Lipinski definition) is 4. The number of anilines is 2. The summed E-state index contributed by atoms with van der Waals surface area (Å²) >= 11 is 0. The number of alkyl halides is 2. The van der Waals surface area contributed by atoms with Crippen LogP contribution in [-0.4, -0.2) is 28.4 Å². The van der Waals surface area contributed by atoms with Crippen molar-refractivity contribution in [2.24, 2.45) is 11.8 Å². The number of hydrogen-bond donors (Lipinski definition) is 4. The molecular weight excluding hydrogens is 302 g/mol. The van der Waals surface area contributed by atoms with Gasteiger partial charge in [0.15, 0.2) is 6.23 Å². The summed E-state index contributed by atoms with van der Waals surface area (Å²) in [6, 6.07) is 2.98. The van der Waals surface area contributed by atoms with E-state index < -0.39 is 18.2 Å². The van der Waals surface area contributed by atoms with E-state index in [1.54, 1.807) is 0 Å². The zero-order chi connectivity index (χ0) is 16.6. The van der Waals surface area contributed by atoms with E-state index in [1.165, 1.54) is 24.6 Å². The largest absolute Gasteiger partial charge is 0.508 e. The number of nitrogens with one attached hydrogen (secondary N) is 2. The molecule has 128 valence electrons. The summed E-state index contributed by atoms with van der Waals surface area (Å²) in [5, 5.41) is 24.8. The fourth-order valence-corrected chi connectivity index (χ4v) is 3.33. The minimum absolute atomic E-state index is 0.0183. The molecule has 1 aliphatic carbocycles. The van der Waals surface area contributed by atoms with Crippen LogP contribution in [0.15, 0.2) is 18.2 Å². The molecule has 1 aliphatic heterocycles. The average Bonchev–Trinajstić information content (AvgIpc) is 3.18. The zero-order valence-electron chi connectivity index (χ0n) is 13.2. The Morgan fingerprint density at radius 2 is 1.96 bits per heavy atom. The summed E-state index contributed by atoms with van der Waals surface area (Å²) in [7, 11) is 0. The van der Waals surface area contributed by atoms with Crippen LogP contribution in [0.25, 0.3) is 0 Å². The lowest BCUT2D eigenvalue weighted by molar-refractivity contribution is -0.0600. The first kappa shape index (κ1) is 16.3. The monoisotopic (exact) mass is 326 g/mol. The van der Waals surface area contributed by atoms with E-state index in [0.29, 0.717) is 17.8 Å². The first-order chi connectivity index (χ1) is 10.9. The van der Waals surface area contributed by atoms with Gasteiger partial charge in [-0.1, -0.05) is 19.8 Å². The number of phenols is 1. The molecule has 23 heavy (non-hydrogen) atoms. The van der Waals surface area contributed by atoms with Gasteiger partial charge in [0.25, 0.3) is 5.92 Å². The van der Waals surface area contributed by atoms with Gasteiger partial charge < -0.3 is 20.8 Å². The van der Waals surface area contributed by atoms with Crippen LogP contribution in [-0.2, 0) is 0 Å². The van der Waals surface area contributed by atoms with Crippen molar-refractivity contribution in [1.29, 1.82) is 0 Å². The quantitative estimate of drug-likeness (QED) is 0.475. The SMILES string of the molecule is CC1C[C@H]1CCCCC(F)(F)C1Nc2ccc(O)cc2NC1O. The van der Waals surface area contributed by atoms with Gasteiger partial charge in [0.05, 0.1) is 11.4 Å². The number of aromatic hydroxyl groups is 1. The summed E-state index contributed by atoms with van der Waals surface area (Å²) in [5.41, 5.74) is 0.886. The number of halogens is 2. The molecule has 1 saturated carbocycles. The van der Waals surface area contributed by atoms with E-state index in [1.807, 2.05) is 0 Å². The van der Waals surface area contributed by atoms with Crippen LogP contribution in [0.5, 0.6) is 5.75 Å². The summed E-state index contributed by atoms with van der Waals surface area (Å²) in [6.07, 6.45) is 1.89. The number of benzene rings is 1. The second-order valence-corrected chi connectivity index (χ2v) is 6.92. The lowest BCUT2D eigenvalue weighted by Crippen LogP contribution is -2.53. The van der Waals surface area contributed by atoms with Crippen molar-refractivity contribution in [3.8, 4) is 5.75 Å². The molecule has 0 bridgehead atoms. The van der Waals surface area contributed by atoms with Crippen LogP contribution in [0.3, 0.4) is 0 Å². The van der Waals surface area contributed by atoms with Gasteiger partial charge in [-0.25, -0.2) is 8.78 Å². The highest BCUT2D eigenvalue weighted by Gasteiger charge is 2.45. The Bertz CT molecular complexity index is 568. The molecule has 0 aromatic heterocycles. The number of aliphatic hydroxyl groups excluding tert-OH is 1. The van der Waals surface area contributed by atoms with Crippen LogP contribution >= 0.6 is 0 Å². The molecule has 4 nitrogen and oxygen atoms in total. The Labute approximate surface area is 134 Å². The van der Waals surface area contributed by atoms with E-state index in [9.17, 15) is 19.0 Å². The number of unbranched alkanes of at least 4 members (excludes halogenated alkanes) is 1. The molecule has 0 radical (unpaired) electrons. The van der Waals surface area contributed by atoms with Crippen LogP contribution in [0, 0.1) is 11.8 Å². The molecule has 3 rings (SSSR count). The van der Waals surface area contributed by atoms with Gasteiger partial charge in [-0.05, 0) is 36.8 Å². The molecule has 1 aromatic carbocycles. The third-order valence-corrected chi connectivity index (χ3v) is 5.00. The minimum Gasteiger partial charge on any atom is -0.508 e. The van der Waals surface area contributed by atoms with Crippen molar-refractivity contribution in [2.45, 2.75) is 57.2 Å². The van der Waals surface area contributed by atoms with Crippen molar-refractivity contribution in [1.82, 2.24) is 0 Å². The molecular formula is C17H24F2N2O2. The van der Waals surface area contributed by atoms with Crippen molar-refractivity contribution >= 4 is 11.4 Å². The fraction of sp³-hybridized carbons (Fsp3) is 0.647. The molecule has 2 aliphatic rings. The maximum Gasteiger partial charge on any atom is 0.272 e. The normalized spacial score (nSPS) is 29.4. The van der Waals surface area contributed by atoms with Crippen LogP contribution in [0.4, 0.5) is 20.2 Å². The summed E-state index contributed by atoms with van der Waals surface area (Å²) in [6.45, 7) is 2.20. The van der Waals surface area contributed by atoms with E-state index in [4.69, 9.17) is 0 Å². The molecule has 4 N–H and O–H groups in total. The van der Waals surface area contributed by atoms with E-state index in [-0.39, 0.29) is 12.2 Å². The van der Waals surface area contributed by atoms with E-state index >= 15 is 0 Å². The molecule has 0 spiro atoms. The molecule has 3 unspecified atom stereocenters. The highest BCUT2D eigenvalue weighted by molar-refractivity contribution is 5.73. The number of aliphatic hydroxyl groups is 1. The van der Waals surface area contributed by atoms with Crippen LogP contribution in [0.2, 0.25) is 0 Å². The lowest BCUT2D eigenvalue weighted by Gasteiger charge is -2.37. The highest BCUT2D eigenvalue weighted by atomic mass is 19.3. The van der Waals surface area contributed by atoms with Gasteiger partial charge in [-0.15, -0.1) is 0 Å². The third kappa shape index (κ3) is 3.68. The third-order valence-electron chi connectivity index (χ3n) is 5.00. The standard InChI is InChI=1S/C17H24F2N2O2/c1-10-8-11(10)4-2-3-7-17(18,19)15-16(23)21-14-9-12(22)5-6-13(14)20-15/h5-6,9-11,15-16,20-23H,2-4,7-8H2,1H3/t10?,11-,15?,16?/m1/s1. The predicted octanol–water partition coefficient (Wildman–Crippen LogP) is 3.77. The van der Waals surface area contributed by atoms with E-state index in [2.05, 4.69) is 17.6 Å². The summed E-state index contributed by atoms with van der Waals surface area (Å²) in [4.78, 5) is 0.